The maximum absolute atomic E-state index is 11.3. The van der Waals surface area contributed by atoms with Crippen LogP contribution >= 0.6 is 0 Å². The van der Waals surface area contributed by atoms with Crippen LogP contribution in [0.3, 0.4) is 0 Å². The molecule has 1 rings (SSSR count). The van der Waals surface area contributed by atoms with Crippen molar-refractivity contribution in [3.63, 3.8) is 0 Å². The number of para-hydroxylation sites is 1. The normalized spacial score (nSPS) is 10.2. The Morgan fingerprint density at radius 1 is 1.06 bits per heavy atom. The number of hydrogen-bond acceptors (Lipinski definition) is 5. The van der Waals surface area contributed by atoms with Crippen molar-refractivity contribution in [3.8, 4) is 5.75 Å². The summed E-state index contributed by atoms with van der Waals surface area (Å²) in [6, 6.07) is 8.75. The van der Waals surface area contributed by atoms with Gasteiger partial charge in [-0.15, -0.1) is 0 Å². The zero-order valence-electron chi connectivity index (χ0n) is 9.17. The number of nitrogens with two attached hydrogens (primary N) is 1. The lowest BCUT2D eigenvalue weighted by atomic mass is 10.3. The molecular weight excluding hydrogens is 222 g/mol. The van der Waals surface area contributed by atoms with Crippen molar-refractivity contribution in [3.05, 3.63) is 42.5 Å². The predicted octanol–water partition coefficient (Wildman–Crippen LogP) is 1.35. The van der Waals surface area contributed by atoms with Crippen LogP contribution in [0.25, 0.3) is 0 Å². The number of rotatable bonds is 5. The van der Waals surface area contributed by atoms with Crippen LogP contribution in [0.2, 0.25) is 0 Å². The van der Waals surface area contributed by atoms with Crippen molar-refractivity contribution < 1.29 is 19.2 Å². The average Bonchev–Trinajstić information content (AvgIpc) is 2.35. The SMILES string of the molecule is NOC(=O)CC=CCC(=O)Oc1ccccc1. The van der Waals surface area contributed by atoms with Crippen LogP contribution in [0, 0.1) is 0 Å². The van der Waals surface area contributed by atoms with Crippen LogP contribution < -0.4 is 10.6 Å². The minimum absolute atomic E-state index is 0.0368. The molecule has 5 heteroatoms. The maximum atomic E-state index is 11.3. The largest absolute Gasteiger partial charge is 0.426 e. The van der Waals surface area contributed by atoms with Gasteiger partial charge in [0.25, 0.3) is 0 Å². The van der Waals surface area contributed by atoms with E-state index in [1.54, 1.807) is 24.3 Å². The lowest BCUT2D eigenvalue weighted by Gasteiger charge is -2.00. The molecule has 0 saturated carbocycles. The van der Waals surface area contributed by atoms with Gasteiger partial charge in [-0.2, -0.15) is 5.90 Å². The molecule has 0 aliphatic carbocycles. The molecule has 0 aliphatic heterocycles. The lowest BCUT2D eigenvalue weighted by molar-refractivity contribution is -0.143. The summed E-state index contributed by atoms with van der Waals surface area (Å²) in [5.74, 6) is 4.18. The third kappa shape index (κ3) is 5.48. The fourth-order valence-electron chi connectivity index (χ4n) is 1.07. The van der Waals surface area contributed by atoms with Crippen LogP contribution in [0.5, 0.6) is 5.75 Å². The van der Waals surface area contributed by atoms with Crippen molar-refractivity contribution in [2.24, 2.45) is 5.90 Å². The first-order chi connectivity index (χ1) is 8.22. The molecule has 0 fully saturated rings. The zero-order chi connectivity index (χ0) is 12.5. The maximum Gasteiger partial charge on any atom is 0.328 e. The van der Waals surface area contributed by atoms with Gasteiger partial charge >= 0.3 is 11.9 Å². The topological polar surface area (TPSA) is 78.6 Å². The van der Waals surface area contributed by atoms with Gasteiger partial charge in [0, 0.05) is 0 Å². The molecule has 0 heterocycles. The van der Waals surface area contributed by atoms with Gasteiger partial charge < -0.3 is 9.57 Å². The number of benzene rings is 1. The fourth-order valence-corrected chi connectivity index (χ4v) is 1.07. The molecular formula is C12H13NO4. The van der Waals surface area contributed by atoms with Crippen molar-refractivity contribution in [1.29, 1.82) is 0 Å². The second kappa shape index (κ2) is 7.19. The molecule has 0 atom stereocenters. The second-order valence-electron chi connectivity index (χ2n) is 3.16. The third-order valence-corrected chi connectivity index (χ3v) is 1.84. The van der Waals surface area contributed by atoms with Crippen LogP contribution in [0.1, 0.15) is 12.8 Å². The highest BCUT2D eigenvalue weighted by molar-refractivity contribution is 5.74. The first kappa shape index (κ1) is 12.9. The summed E-state index contributed by atoms with van der Waals surface area (Å²) in [7, 11) is 0. The van der Waals surface area contributed by atoms with Crippen molar-refractivity contribution in [1.82, 2.24) is 0 Å². The van der Waals surface area contributed by atoms with Gasteiger partial charge in [0.15, 0.2) is 0 Å². The molecule has 0 saturated heterocycles. The van der Waals surface area contributed by atoms with Crippen LogP contribution in [0.15, 0.2) is 42.5 Å². The molecule has 0 bridgehead atoms. The Morgan fingerprint density at radius 3 is 2.24 bits per heavy atom. The van der Waals surface area contributed by atoms with Gasteiger partial charge in [-0.25, -0.2) is 0 Å². The third-order valence-electron chi connectivity index (χ3n) is 1.84. The quantitative estimate of drug-likeness (QED) is 0.360. The monoisotopic (exact) mass is 235 g/mol. The molecule has 0 aliphatic rings. The Bertz CT molecular complexity index is 400. The van der Waals surface area contributed by atoms with E-state index < -0.39 is 11.9 Å². The molecule has 1 aromatic carbocycles. The van der Waals surface area contributed by atoms with E-state index in [0.29, 0.717) is 5.75 Å². The first-order valence-corrected chi connectivity index (χ1v) is 5.02. The first-order valence-electron chi connectivity index (χ1n) is 5.02. The number of carbonyl (C=O) groups excluding carboxylic acids is 2. The molecule has 2 N–H and O–H groups in total. The summed E-state index contributed by atoms with van der Waals surface area (Å²) < 4.78 is 5.02. The molecule has 0 unspecified atom stereocenters. The predicted molar refractivity (Wildman–Crippen MR) is 60.7 cm³/mol. The summed E-state index contributed by atoms with van der Waals surface area (Å²) in [6.45, 7) is 0. The fraction of sp³-hybridized carbons (Fsp3) is 0.167. The van der Waals surface area contributed by atoms with E-state index in [2.05, 4.69) is 10.7 Å². The van der Waals surface area contributed by atoms with Gasteiger partial charge in [-0.05, 0) is 12.1 Å². The van der Waals surface area contributed by atoms with E-state index in [-0.39, 0.29) is 12.8 Å². The molecule has 0 spiro atoms. The van der Waals surface area contributed by atoms with Gasteiger partial charge in [-0.1, -0.05) is 30.4 Å². The van der Waals surface area contributed by atoms with E-state index in [9.17, 15) is 9.59 Å². The molecule has 5 nitrogen and oxygen atoms in total. The Morgan fingerprint density at radius 2 is 1.65 bits per heavy atom. The van der Waals surface area contributed by atoms with E-state index in [4.69, 9.17) is 4.74 Å². The van der Waals surface area contributed by atoms with Crippen LogP contribution in [0.4, 0.5) is 0 Å². The average molecular weight is 235 g/mol. The minimum Gasteiger partial charge on any atom is -0.426 e. The Labute approximate surface area is 98.8 Å². The van der Waals surface area contributed by atoms with Crippen LogP contribution in [-0.4, -0.2) is 11.9 Å². The van der Waals surface area contributed by atoms with E-state index in [1.807, 2.05) is 6.07 Å². The summed E-state index contributed by atoms with van der Waals surface area (Å²) in [5, 5.41) is 0. The molecule has 1 aromatic rings. The summed E-state index contributed by atoms with van der Waals surface area (Å²) in [4.78, 5) is 25.9. The number of hydrogen-bond donors (Lipinski definition) is 1. The Hall–Kier alpha value is -2.14. The minimum atomic E-state index is -0.558. The van der Waals surface area contributed by atoms with E-state index in [1.165, 1.54) is 12.2 Å². The van der Waals surface area contributed by atoms with E-state index in [0.717, 1.165) is 0 Å². The highest BCUT2D eigenvalue weighted by Crippen LogP contribution is 2.09. The molecule has 17 heavy (non-hydrogen) atoms. The molecule has 0 amide bonds. The summed E-state index contributed by atoms with van der Waals surface area (Å²) in [6.07, 6.45) is 3.16. The van der Waals surface area contributed by atoms with Gasteiger partial charge in [0.05, 0.1) is 12.8 Å². The van der Waals surface area contributed by atoms with Crippen molar-refractivity contribution >= 4 is 11.9 Å². The highest BCUT2D eigenvalue weighted by atomic mass is 16.7. The number of carbonyl (C=O) groups is 2. The Balaban J connectivity index is 2.29. The standard InChI is InChI=1S/C12H13NO4/c13-17-12(15)9-5-4-8-11(14)16-10-6-2-1-3-7-10/h1-7H,8-9,13H2. The van der Waals surface area contributed by atoms with Gasteiger partial charge in [0.2, 0.25) is 0 Å². The van der Waals surface area contributed by atoms with Gasteiger partial charge in [0.1, 0.15) is 5.75 Å². The molecule has 0 radical (unpaired) electrons. The summed E-state index contributed by atoms with van der Waals surface area (Å²) in [5.41, 5.74) is 0. The summed E-state index contributed by atoms with van der Waals surface area (Å²) >= 11 is 0. The Kier molecular flexibility index (Phi) is 5.46. The second-order valence-corrected chi connectivity index (χ2v) is 3.16. The van der Waals surface area contributed by atoms with Crippen molar-refractivity contribution in [2.45, 2.75) is 12.8 Å². The van der Waals surface area contributed by atoms with Crippen LogP contribution in [-0.2, 0) is 14.4 Å². The molecule has 0 aromatic heterocycles. The zero-order valence-corrected chi connectivity index (χ0v) is 9.17. The molecule has 90 valence electrons. The number of esters is 1. The highest BCUT2D eigenvalue weighted by Gasteiger charge is 2.01. The van der Waals surface area contributed by atoms with E-state index >= 15 is 0 Å². The van der Waals surface area contributed by atoms with Crippen molar-refractivity contribution in [2.75, 3.05) is 0 Å². The van der Waals surface area contributed by atoms with Gasteiger partial charge in [-0.3, -0.25) is 9.59 Å². The lowest BCUT2D eigenvalue weighted by Crippen LogP contribution is -2.08. The number of ether oxygens (including phenoxy) is 1. The smallest absolute Gasteiger partial charge is 0.328 e.